The Hall–Kier alpha value is -2.70. The average Bonchev–Trinajstić information content (AvgIpc) is 2.90. The van der Waals surface area contributed by atoms with Crippen LogP contribution in [0.3, 0.4) is 0 Å². The SMILES string of the molecule is CCOc1ccc2c(oc3c(F)c(OC=C(F)F)ccc32)c1F. The summed E-state index contributed by atoms with van der Waals surface area (Å²) in [7, 11) is 0. The molecule has 0 unspecified atom stereocenters. The molecule has 1 aromatic heterocycles. The van der Waals surface area contributed by atoms with E-state index in [1.807, 2.05) is 0 Å². The molecule has 23 heavy (non-hydrogen) atoms. The Morgan fingerprint density at radius 1 is 1.00 bits per heavy atom. The van der Waals surface area contributed by atoms with Gasteiger partial charge in [-0.2, -0.15) is 17.6 Å². The highest BCUT2D eigenvalue weighted by Gasteiger charge is 2.19. The second-order valence-corrected chi connectivity index (χ2v) is 4.57. The van der Waals surface area contributed by atoms with E-state index in [1.54, 1.807) is 6.92 Å². The van der Waals surface area contributed by atoms with Crippen molar-refractivity contribution in [2.75, 3.05) is 6.61 Å². The van der Waals surface area contributed by atoms with Gasteiger partial charge in [-0.25, -0.2) is 0 Å². The van der Waals surface area contributed by atoms with Crippen molar-refractivity contribution < 1.29 is 31.5 Å². The smallest absolute Gasteiger partial charge is 0.305 e. The number of fused-ring (bicyclic) bond motifs is 3. The van der Waals surface area contributed by atoms with E-state index < -0.39 is 23.5 Å². The summed E-state index contributed by atoms with van der Waals surface area (Å²) in [6, 6.07) is 5.53. The fourth-order valence-electron chi connectivity index (χ4n) is 2.27. The Kier molecular flexibility index (Phi) is 3.85. The summed E-state index contributed by atoms with van der Waals surface area (Å²) < 4.78 is 67.5. The van der Waals surface area contributed by atoms with Crippen molar-refractivity contribution in [1.82, 2.24) is 0 Å². The maximum absolute atomic E-state index is 14.3. The predicted octanol–water partition coefficient (Wildman–Crippen LogP) is 5.38. The van der Waals surface area contributed by atoms with Gasteiger partial charge in [-0.05, 0) is 31.2 Å². The predicted molar refractivity (Wildman–Crippen MR) is 75.7 cm³/mol. The first-order valence-electron chi connectivity index (χ1n) is 6.66. The van der Waals surface area contributed by atoms with E-state index in [1.165, 1.54) is 24.3 Å². The molecule has 0 saturated carbocycles. The minimum atomic E-state index is -2.11. The summed E-state index contributed by atoms with van der Waals surface area (Å²) in [4.78, 5) is 0. The number of hydrogen-bond acceptors (Lipinski definition) is 3. The Morgan fingerprint density at radius 3 is 2.13 bits per heavy atom. The quantitative estimate of drug-likeness (QED) is 0.476. The van der Waals surface area contributed by atoms with Crippen molar-refractivity contribution in [3.8, 4) is 11.5 Å². The van der Waals surface area contributed by atoms with Crippen molar-refractivity contribution in [3.05, 3.63) is 48.2 Å². The molecular weight excluding hydrogens is 316 g/mol. The normalized spacial score (nSPS) is 11.0. The van der Waals surface area contributed by atoms with Gasteiger partial charge in [0.05, 0.1) is 6.61 Å². The highest BCUT2D eigenvalue weighted by Crippen LogP contribution is 2.37. The van der Waals surface area contributed by atoms with Crippen LogP contribution in [0.5, 0.6) is 11.5 Å². The van der Waals surface area contributed by atoms with Gasteiger partial charge in [-0.3, -0.25) is 0 Å². The second kappa shape index (κ2) is 5.83. The standard InChI is InChI=1S/C16H10F4O3/c1-2-21-10-5-3-8-9-4-6-11(22-7-12(17)18)14(20)16(9)23-15(8)13(10)19/h3-7H,2H2,1H3. The minimum Gasteiger partial charge on any atom is -0.491 e. The fraction of sp³-hybridized carbons (Fsp3) is 0.125. The van der Waals surface area contributed by atoms with Gasteiger partial charge in [0.25, 0.3) is 0 Å². The molecule has 3 nitrogen and oxygen atoms in total. The van der Waals surface area contributed by atoms with Crippen LogP contribution in [0.2, 0.25) is 0 Å². The minimum absolute atomic E-state index is 0.0154. The largest absolute Gasteiger partial charge is 0.491 e. The summed E-state index contributed by atoms with van der Waals surface area (Å²) >= 11 is 0. The second-order valence-electron chi connectivity index (χ2n) is 4.57. The number of halogens is 4. The van der Waals surface area contributed by atoms with Crippen molar-refractivity contribution in [2.24, 2.45) is 0 Å². The summed E-state index contributed by atoms with van der Waals surface area (Å²) in [5.41, 5.74) is -0.452. The first kappa shape index (κ1) is 15.2. The number of furan rings is 1. The average molecular weight is 326 g/mol. The first-order chi connectivity index (χ1) is 11.0. The zero-order valence-electron chi connectivity index (χ0n) is 11.8. The van der Waals surface area contributed by atoms with Crippen LogP contribution in [0.4, 0.5) is 17.6 Å². The number of ether oxygens (including phenoxy) is 2. The third-order valence-electron chi connectivity index (χ3n) is 3.19. The molecule has 0 aliphatic heterocycles. The molecule has 0 fully saturated rings. The monoisotopic (exact) mass is 326 g/mol. The molecule has 2 aromatic carbocycles. The molecule has 0 bridgehead atoms. The topological polar surface area (TPSA) is 31.6 Å². The Bertz CT molecular complexity index is 911. The van der Waals surface area contributed by atoms with E-state index in [9.17, 15) is 17.6 Å². The van der Waals surface area contributed by atoms with Gasteiger partial charge in [0.15, 0.2) is 28.9 Å². The highest BCUT2D eigenvalue weighted by molar-refractivity contribution is 6.06. The van der Waals surface area contributed by atoms with Gasteiger partial charge in [-0.15, -0.1) is 0 Å². The number of rotatable bonds is 4. The molecule has 1 heterocycles. The van der Waals surface area contributed by atoms with Crippen LogP contribution in [0.15, 0.2) is 41.0 Å². The first-order valence-corrected chi connectivity index (χ1v) is 6.66. The van der Waals surface area contributed by atoms with E-state index >= 15 is 0 Å². The number of benzene rings is 2. The van der Waals surface area contributed by atoms with Crippen LogP contribution in [-0.4, -0.2) is 6.61 Å². The van der Waals surface area contributed by atoms with E-state index in [-0.39, 0.29) is 29.8 Å². The summed E-state index contributed by atoms with van der Waals surface area (Å²) in [6.45, 7) is 1.96. The van der Waals surface area contributed by atoms with Gasteiger partial charge < -0.3 is 13.9 Å². The lowest BCUT2D eigenvalue weighted by molar-refractivity contribution is 0.321. The maximum Gasteiger partial charge on any atom is 0.305 e. The summed E-state index contributed by atoms with van der Waals surface area (Å²) in [5.74, 6) is -2.21. The van der Waals surface area contributed by atoms with Crippen LogP contribution < -0.4 is 9.47 Å². The maximum atomic E-state index is 14.3. The van der Waals surface area contributed by atoms with Gasteiger partial charge in [0, 0.05) is 10.8 Å². The summed E-state index contributed by atoms with van der Waals surface area (Å²) in [5, 5.41) is 0.648. The molecule has 0 spiro atoms. The molecule has 0 amide bonds. The zero-order chi connectivity index (χ0) is 16.6. The third-order valence-corrected chi connectivity index (χ3v) is 3.19. The van der Waals surface area contributed by atoms with E-state index in [0.29, 0.717) is 10.8 Å². The Morgan fingerprint density at radius 2 is 1.57 bits per heavy atom. The lowest BCUT2D eigenvalue weighted by Gasteiger charge is -2.03. The molecule has 120 valence electrons. The zero-order valence-corrected chi connectivity index (χ0v) is 11.8. The molecule has 3 aromatic rings. The van der Waals surface area contributed by atoms with Gasteiger partial charge in [-0.1, -0.05) is 0 Å². The molecule has 0 saturated heterocycles. The van der Waals surface area contributed by atoms with E-state index in [4.69, 9.17) is 9.15 Å². The van der Waals surface area contributed by atoms with Gasteiger partial charge in [0.2, 0.25) is 11.6 Å². The molecule has 3 rings (SSSR count). The molecule has 0 aliphatic carbocycles. The highest BCUT2D eigenvalue weighted by atomic mass is 19.3. The van der Waals surface area contributed by atoms with Gasteiger partial charge >= 0.3 is 6.08 Å². The van der Waals surface area contributed by atoms with E-state index in [0.717, 1.165) is 0 Å². The third kappa shape index (κ3) is 2.58. The molecule has 0 N–H and O–H groups in total. The lowest BCUT2D eigenvalue weighted by atomic mass is 10.1. The van der Waals surface area contributed by atoms with Crippen molar-refractivity contribution in [1.29, 1.82) is 0 Å². The molecule has 7 heteroatoms. The van der Waals surface area contributed by atoms with Crippen molar-refractivity contribution in [2.45, 2.75) is 6.92 Å². The van der Waals surface area contributed by atoms with Crippen LogP contribution in [-0.2, 0) is 0 Å². The van der Waals surface area contributed by atoms with Gasteiger partial charge in [0.1, 0.15) is 0 Å². The molecule has 0 atom stereocenters. The van der Waals surface area contributed by atoms with E-state index in [2.05, 4.69) is 4.74 Å². The molecule has 0 aliphatic rings. The van der Waals surface area contributed by atoms with Crippen LogP contribution >= 0.6 is 0 Å². The van der Waals surface area contributed by atoms with Crippen LogP contribution in [0.1, 0.15) is 6.92 Å². The van der Waals surface area contributed by atoms with Crippen molar-refractivity contribution in [3.63, 3.8) is 0 Å². The molecular formula is C16H10F4O3. The Labute approximate surface area is 127 Å². The molecule has 0 radical (unpaired) electrons. The van der Waals surface area contributed by atoms with Crippen molar-refractivity contribution >= 4 is 21.9 Å². The number of hydrogen-bond donors (Lipinski definition) is 0. The fourth-order valence-corrected chi connectivity index (χ4v) is 2.27. The van der Waals surface area contributed by atoms with Crippen LogP contribution in [0.25, 0.3) is 21.9 Å². The lowest BCUT2D eigenvalue weighted by Crippen LogP contribution is -1.94. The Balaban J connectivity index is 2.20. The van der Waals surface area contributed by atoms with Crippen LogP contribution in [0, 0.1) is 11.6 Å². The summed E-state index contributed by atoms with van der Waals surface area (Å²) in [6.07, 6.45) is -2.00.